The van der Waals surface area contributed by atoms with E-state index in [1.807, 2.05) is 13.8 Å². The number of carbonyl (C=O) groups excluding carboxylic acids is 1. The van der Waals surface area contributed by atoms with E-state index in [0.29, 0.717) is 11.5 Å². The summed E-state index contributed by atoms with van der Waals surface area (Å²) in [6.07, 6.45) is 1.45. The molecule has 2 aromatic rings. The van der Waals surface area contributed by atoms with Gasteiger partial charge >= 0.3 is 6.01 Å². The lowest BCUT2D eigenvalue weighted by molar-refractivity contribution is 0.101. The molecule has 0 saturated heterocycles. The number of oxazole rings is 1. The summed E-state index contributed by atoms with van der Waals surface area (Å²) in [4.78, 5) is 19.7. The summed E-state index contributed by atoms with van der Waals surface area (Å²) in [6, 6.07) is 0.142. The Kier molecular flexibility index (Phi) is 2.90. The Hall–Kier alpha value is -2.18. The van der Waals surface area contributed by atoms with Crippen molar-refractivity contribution >= 4 is 11.9 Å². The molecule has 2 aromatic heterocycles. The molecule has 7 nitrogen and oxygen atoms in total. The van der Waals surface area contributed by atoms with Crippen molar-refractivity contribution in [2.24, 2.45) is 0 Å². The third kappa shape index (κ3) is 2.49. The molecule has 0 atom stereocenters. The number of hydrogen-bond acceptors (Lipinski definition) is 5. The molecule has 0 radical (unpaired) electrons. The van der Waals surface area contributed by atoms with Gasteiger partial charge in [-0.1, -0.05) is 13.8 Å². The fourth-order valence-electron chi connectivity index (χ4n) is 1.20. The molecule has 1 amide bonds. The number of carbonyl (C=O) groups is 1. The second-order valence-corrected chi connectivity index (χ2v) is 3.95. The van der Waals surface area contributed by atoms with Gasteiger partial charge in [0.1, 0.15) is 12.1 Å². The van der Waals surface area contributed by atoms with E-state index in [4.69, 9.17) is 4.42 Å². The smallest absolute Gasteiger partial charge is 0.301 e. The Morgan fingerprint density at radius 2 is 2.24 bits per heavy atom. The van der Waals surface area contributed by atoms with Gasteiger partial charge in [-0.25, -0.2) is 4.98 Å². The normalized spacial score (nSPS) is 10.8. The average Bonchev–Trinajstić information content (AvgIpc) is 2.86. The summed E-state index contributed by atoms with van der Waals surface area (Å²) in [5.74, 6) is 0.478. The molecule has 0 fully saturated rings. The summed E-state index contributed by atoms with van der Waals surface area (Å²) in [6.45, 7) is 5.68. The van der Waals surface area contributed by atoms with Gasteiger partial charge in [-0.2, -0.15) is 4.98 Å². The van der Waals surface area contributed by atoms with Gasteiger partial charge in [0.2, 0.25) is 5.82 Å². The predicted octanol–water partition coefficient (Wildman–Crippen LogP) is 1.48. The second kappa shape index (κ2) is 4.36. The predicted molar refractivity (Wildman–Crippen MR) is 59.7 cm³/mol. The van der Waals surface area contributed by atoms with Crippen molar-refractivity contribution in [2.75, 3.05) is 5.32 Å². The number of aromatic nitrogens is 4. The van der Waals surface area contributed by atoms with Crippen molar-refractivity contribution in [3.05, 3.63) is 23.6 Å². The largest absolute Gasteiger partial charge is 0.432 e. The van der Waals surface area contributed by atoms with Crippen LogP contribution in [0.2, 0.25) is 0 Å². The maximum Gasteiger partial charge on any atom is 0.301 e. The zero-order chi connectivity index (χ0) is 12.4. The van der Waals surface area contributed by atoms with Crippen molar-refractivity contribution in [2.45, 2.75) is 26.7 Å². The van der Waals surface area contributed by atoms with Crippen LogP contribution in [0.5, 0.6) is 0 Å². The van der Waals surface area contributed by atoms with Gasteiger partial charge in [0.25, 0.3) is 5.91 Å². The molecule has 0 spiro atoms. The third-order valence-corrected chi connectivity index (χ3v) is 2.09. The highest BCUT2D eigenvalue weighted by Crippen LogP contribution is 2.10. The van der Waals surface area contributed by atoms with E-state index in [0.717, 1.165) is 0 Å². The van der Waals surface area contributed by atoms with Crippen LogP contribution in [0.25, 0.3) is 0 Å². The zero-order valence-electron chi connectivity index (χ0n) is 9.81. The molecule has 0 aliphatic heterocycles. The Morgan fingerprint density at radius 3 is 2.76 bits per heavy atom. The molecule has 7 heteroatoms. The molecular weight excluding hydrogens is 222 g/mol. The van der Waals surface area contributed by atoms with Crippen LogP contribution in [0, 0.1) is 6.92 Å². The maximum atomic E-state index is 11.7. The first-order chi connectivity index (χ1) is 8.06. The quantitative estimate of drug-likeness (QED) is 0.839. The van der Waals surface area contributed by atoms with Gasteiger partial charge in [0, 0.05) is 5.92 Å². The Balaban J connectivity index is 2.09. The number of rotatable bonds is 3. The van der Waals surface area contributed by atoms with E-state index >= 15 is 0 Å². The van der Waals surface area contributed by atoms with Gasteiger partial charge in [0.15, 0.2) is 0 Å². The summed E-state index contributed by atoms with van der Waals surface area (Å²) < 4.78 is 5.00. The third-order valence-electron chi connectivity index (χ3n) is 2.09. The number of aryl methyl sites for hydroxylation is 1. The first-order valence-corrected chi connectivity index (χ1v) is 5.22. The number of H-pyrrole nitrogens is 1. The molecule has 0 aliphatic rings. The Bertz CT molecular complexity index is 528. The lowest BCUT2D eigenvalue weighted by atomic mass is 10.2. The van der Waals surface area contributed by atoms with Crippen LogP contribution in [0.4, 0.5) is 6.01 Å². The number of amides is 1. The molecule has 0 aromatic carbocycles. The molecule has 0 aliphatic carbocycles. The Labute approximate surface area is 97.7 Å². The van der Waals surface area contributed by atoms with E-state index in [9.17, 15) is 4.79 Å². The molecular formula is C10H13N5O2. The number of anilines is 1. The number of nitrogens with zero attached hydrogens (tertiary/aromatic N) is 3. The van der Waals surface area contributed by atoms with Crippen LogP contribution in [-0.4, -0.2) is 26.1 Å². The first-order valence-electron chi connectivity index (χ1n) is 5.22. The average molecular weight is 235 g/mol. The van der Waals surface area contributed by atoms with E-state index in [1.165, 1.54) is 6.26 Å². The summed E-state index contributed by atoms with van der Waals surface area (Å²) >= 11 is 0. The Morgan fingerprint density at radius 1 is 1.47 bits per heavy atom. The van der Waals surface area contributed by atoms with Crippen LogP contribution < -0.4 is 5.32 Å². The molecule has 2 N–H and O–H groups in total. The fraction of sp³-hybridized carbons (Fsp3) is 0.400. The van der Waals surface area contributed by atoms with E-state index < -0.39 is 5.91 Å². The van der Waals surface area contributed by atoms with Crippen molar-refractivity contribution in [3.63, 3.8) is 0 Å². The van der Waals surface area contributed by atoms with Gasteiger partial charge in [-0.15, -0.1) is 5.10 Å². The van der Waals surface area contributed by atoms with Gasteiger partial charge in [0.05, 0.1) is 5.69 Å². The summed E-state index contributed by atoms with van der Waals surface area (Å²) in [5, 5.41) is 9.00. The second-order valence-electron chi connectivity index (χ2n) is 3.95. The molecule has 2 rings (SSSR count). The van der Waals surface area contributed by atoms with Crippen LogP contribution in [0.3, 0.4) is 0 Å². The summed E-state index contributed by atoms with van der Waals surface area (Å²) in [5.41, 5.74) is 0.693. The molecule has 90 valence electrons. The van der Waals surface area contributed by atoms with Gasteiger partial charge in [-0.3, -0.25) is 15.2 Å². The topological polar surface area (TPSA) is 96.7 Å². The molecule has 2 heterocycles. The van der Waals surface area contributed by atoms with Gasteiger partial charge < -0.3 is 4.42 Å². The highest BCUT2D eigenvalue weighted by Gasteiger charge is 2.15. The number of hydrogen-bond donors (Lipinski definition) is 2. The van der Waals surface area contributed by atoms with E-state index in [-0.39, 0.29) is 17.8 Å². The fourth-order valence-corrected chi connectivity index (χ4v) is 1.20. The number of nitrogens with one attached hydrogen (secondary N) is 2. The molecule has 0 saturated carbocycles. The van der Waals surface area contributed by atoms with Crippen molar-refractivity contribution in [3.8, 4) is 0 Å². The lowest BCUT2D eigenvalue weighted by Gasteiger charge is -1.96. The first kappa shape index (κ1) is 11.3. The minimum atomic E-state index is -0.449. The van der Waals surface area contributed by atoms with Crippen LogP contribution in [-0.2, 0) is 0 Å². The molecule has 0 unspecified atom stereocenters. The van der Waals surface area contributed by atoms with Crippen LogP contribution in [0.1, 0.15) is 41.9 Å². The minimum Gasteiger partial charge on any atom is -0.432 e. The van der Waals surface area contributed by atoms with Crippen molar-refractivity contribution in [1.29, 1.82) is 0 Å². The molecule has 17 heavy (non-hydrogen) atoms. The minimum absolute atomic E-state index is 0.0737. The zero-order valence-corrected chi connectivity index (χ0v) is 9.81. The highest BCUT2D eigenvalue weighted by molar-refractivity contribution is 6.00. The van der Waals surface area contributed by atoms with Crippen molar-refractivity contribution < 1.29 is 9.21 Å². The van der Waals surface area contributed by atoms with Crippen LogP contribution >= 0.6 is 0 Å². The van der Waals surface area contributed by atoms with Crippen LogP contribution in [0.15, 0.2) is 10.7 Å². The molecule has 0 bridgehead atoms. The summed E-state index contributed by atoms with van der Waals surface area (Å²) in [7, 11) is 0. The number of aromatic amines is 1. The van der Waals surface area contributed by atoms with Crippen molar-refractivity contribution in [1.82, 2.24) is 20.2 Å². The highest BCUT2D eigenvalue weighted by atomic mass is 16.4. The van der Waals surface area contributed by atoms with E-state index in [1.54, 1.807) is 6.92 Å². The monoisotopic (exact) mass is 235 g/mol. The SMILES string of the molecule is Cc1coc(NC(=O)c2n[nH]c(C(C)C)n2)n1. The van der Waals surface area contributed by atoms with Gasteiger partial charge in [-0.05, 0) is 6.92 Å². The van der Waals surface area contributed by atoms with E-state index in [2.05, 4.69) is 25.5 Å². The standard InChI is InChI=1S/C10H13N5O2/c1-5(2)7-12-8(15-14-7)9(16)13-10-11-6(3)4-17-10/h4-5H,1-3H3,(H,11,13,16)(H,12,14,15). The lowest BCUT2D eigenvalue weighted by Crippen LogP contribution is -2.14. The maximum absolute atomic E-state index is 11.7.